The molecule has 8 aromatic rings. The van der Waals surface area contributed by atoms with E-state index in [9.17, 15) is 0 Å². The Hall–Kier alpha value is -7.72. The highest BCUT2D eigenvalue weighted by molar-refractivity contribution is 5.58. The van der Waals surface area contributed by atoms with Crippen LogP contribution in [0.15, 0.2) is 194 Å². The van der Waals surface area contributed by atoms with Gasteiger partial charge in [-0.2, -0.15) is 0 Å². The summed E-state index contributed by atoms with van der Waals surface area (Å²) in [4.78, 5) is 18.5. The molecule has 0 aliphatic rings. The fourth-order valence-electron chi connectivity index (χ4n) is 5.83. The molecular weight excluding hydrogens is 717 g/mol. The molecule has 0 amide bonds. The highest BCUT2D eigenvalue weighted by Gasteiger charge is 2.04. The van der Waals surface area contributed by atoms with Crippen molar-refractivity contribution in [1.29, 1.82) is 0 Å². The van der Waals surface area contributed by atoms with Gasteiger partial charge in [0.25, 0.3) is 0 Å². The van der Waals surface area contributed by atoms with Crippen molar-refractivity contribution in [3.05, 3.63) is 216 Å². The summed E-state index contributed by atoms with van der Waals surface area (Å²) >= 11 is 0. The van der Waals surface area contributed by atoms with Gasteiger partial charge in [0.1, 0.15) is 46.5 Å². The zero-order valence-corrected chi connectivity index (χ0v) is 32.1. The van der Waals surface area contributed by atoms with E-state index in [0.717, 1.165) is 72.7 Å². The van der Waals surface area contributed by atoms with Crippen LogP contribution in [-0.2, 0) is 26.2 Å². The van der Waals surface area contributed by atoms with Gasteiger partial charge < -0.3 is 31.9 Å². The molecule has 4 aromatic heterocycles. The van der Waals surface area contributed by atoms with E-state index in [-0.39, 0.29) is 0 Å². The Balaban J connectivity index is 0.000000177. The Morgan fingerprint density at radius 1 is 0.224 bits per heavy atom. The number of aromatic nitrogens is 4. The van der Waals surface area contributed by atoms with E-state index in [1.54, 1.807) is 0 Å². The van der Waals surface area contributed by atoms with Crippen LogP contribution in [0.25, 0.3) is 0 Å². The van der Waals surface area contributed by atoms with Crippen LogP contribution in [0, 0.1) is 0 Å². The van der Waals surface area contributed by atoms with Gasteiger partial charge in [-0.15, -0.1) is 0 Å². The number of hydrogen-bond donors (Lipinski definition) is 6. The lowest BCUT2D eigenvalue weighted by atomic mass is 10.2. The van der Waals surface area contributed by atoms with Crippen LogP contribution in [0.3, 0.4) is 0 Å². The summed E-state index contributed by atoms with van der Waals surface area (Å²) in [6.07, 6.45) is 0. The van der Waals surface area contributed by atoms with Crippen LogP contribution in [0.4, 0.5) is 46.5 Å². The molecule has 0 saturated carbocycles. The molecule has 0 aliphatic carbocycles. The first-order valence-electron chi connectivity index (χ1n) is 19.2. The maximum Gasteiger partial charge on any atom is 0.133 e. The van der Waals surface area contributed by atoms with E-state index in [1.165, 1.54) is 22.3 Å². The normalized spacial score (nSPS) is 10.3. The van der Waals surface area contributed by atoms with Gasteiger partial charge in [0, 0.05) is 26.2 Å². The first-order chi connectivity index (χ1) is 28.7. The van der Waals surface area contributed by atoms with Gasteiger partial charge in [0.2, 0.25) is 0 Å². The first kappa shape index (κ1) is 38.6. The van der Waals surface area contributed by atoms with E-state index >= 15 is 0 Å². The second-order valence-corrected chi connectivity index (χ2v) is 13.2. The Kier molecular flexibility index (Phi) is 13.8. The van der Waals surface area contributed by atoms with Crippen LogP contribution in [0.1, 0.15) is 22.3 Å². The van der Waals surface area contributed by atoms with Crippen molar-refractivity contribution >= 4 is 46.5 Å². The summed E-state index contributed by atoms with van der Waals surface area (Å²) in [5.74, 6) is 6.25. The van der Waals surface area contributed by atoms with Gasteiger partial charge in [0.15, 0.2) is 0 Å². The molecule has 0 fully saturated rings. The maximum atomic E-state index is 4.62. The molecule has 0 aliphatic heterocycles. The topological polar surface area (TPSA) is 124 Å². The van der Waals surface area contributed by atoms with Crippen LogP contribution >= 0.6 is 0 Å². The van der Waals surface area contributed by atoms with Crippen molar-refractivity contribution in [2.45, 2.75) is 26.2 Å². The molecule has 288 valence electrons. The van der Waals surface area contributed by atoms with Crippen molar-refractivity contribution in [2.75, 3.05) is 31.9 Å². The Labute approximate surface area is 339 Å². The van der Waals surface area contributed by atoms with E-state index in [0.29, 0.717) is 0 Å². The summed E-state index contributed by atoms with van der Waals surface area (Å²) in [5, 5.41) is 20.0. The van der Waals surface area contributed by atoms with Gasteiger partial charge in [-0.3, -0.25) is 0 Å². The van der Waals surface area contributed by atoms with Crippen molar-refractivity contribution in [1.82, 2.24) is 19.9 Å². The number of nitrogens with one attached hydrogen (secondary N) is 6. The molecule has 0 atom stereocenters. The van der Waals surface area contributed by atoms with Crippen molar-refractivity contribution in [2.24, 2.45) is 0 Å². The largest absolute Gasteiger partial charge is 0.366 e. The molecule has 4 heterocycles. The van der Waals surface area contributed by atoms with E-state index < -0.39 is 0 Å². The van der Waals surface area contributed by atoms with Gasteiger partial charge in [-0.25, -0.2) is 19.9 Å². The van der Waals surface area contributed by atoms with Crippen LogP contribution in [0.5, 0.6) is 0 Å². The van der Waals surface area contributed by atoms with Crippen LogP contribution < -0.4 is 31.9 Å². The quantitative estimate of drug-likeness (QED) is 0.0567. The summed E-state index contributed by atoms with van der Waals surface area (Å²) in [7, 11) is 0. The minimum Gasteiger partial charge on any atom is -0.366 e. The number of anilines is 8. The van der Waals surface area contributed by atoms with Gasteiger partial charge in [-0.05, 0) is 70.8 Å². The average Bonchev–Trinajstić information content (AvgIpc) is 3.28. The summed E-state index contributed by atoms with van der Waals surface area (Å²) in [6, 6.07) is 64.5. The molecule has 0 unspecified atom stereocenters. The average molecular weight is 763 g/mol. The van der Waals surface area contributed by atoms with Crippen molar-refractivity contribution < 1.29 is 0 Å². The summed E-state index contributed by atoms with van der Waals surface area (Å²) in [5.41, 5.74) is 4.86. The second-order valence-electron chi connectivity index (χ2n) is 13.2. The standard InChI is InChI=1S/2C24H23N5/c2*1-3-9-19(10-4-1)17-25-21-13-7-15-23(27-21)29-24-16-8-14-22(28-24)26-18-20-11-5-2-6-12-20/h2*1-16H,17-18H2,(H3,25,26,27,28,29). The smallest absolute Gasteiger partial charge is 0.133 e. The fraction of sp³-hybridized carbons (Fsp3) is 0.0833. The highest BCUT2D eigenvalue weighted by Crippen LogP contribution is 2.19. The lowest BCUT2D eigenvalue weighted by Gasteiger charge is -2.11. The molecule has 8 rings (SSSR count). The van der Waals surface area contributed by atoms with E-state index in [2.05, 4.69) is 100 Å². The maximum absolute atomic E-state index is 4.62. The van der Waals surface area contributed by atoms with Crippen LogP contribution in [0.2, 0.25) is 0 Å². The van der Waals surface area contributed by atoms with Gasteiger partial charge in [0.05, 0.1) is 0 Å². The predicted molar refractivity (Wildman–Crippen MR) is 239 cm³/mol. The monoisotopic (exact) mass is 762 g/mol. The number of rotatable bonds is 16. The predicted octanol–water partition coefficient (Wildman–Crippen LogP) is 10.9. The second kappa shape index (κ2) is 20.8. The molecule has 0 spiro atoms. The minimum absolute atomic E-state index is 0.731. The fourth-order valence-corrected chi connectivity index (χ4v) is 5.83. The molecular formula is C48H46N10. The van der Waals surface area contributed by atoms with Crippen molar-refractivity contribution in [3.8, 4) is 0 Å². The third kappa shape index (κ3) is 12.7. The Morgan fingerprint density at radius 2 is 0.431 bits per heavy atom. The van der Waals surface area contributed by atoms with Crippen molar-refractivity contribution in [3.63, 3.8) is 0 Å². The number of benzene rings is 4. The van der Waals surface area contributed by atoms with Gasteiger partial charge in [-0.1, -0.05) is 146 Å². The van der Waals surface area contributed by atoms with E-state index in [4.69, 9.17) is 0 Å². The minimum atomic E-state index is 0.731. The Morgan fingerprint density at radius 3 is 0.655 bits per heavy atom. The number of pyridine rings is 4. The lowest BCUT2D eigenvalue weighted by Crippen LogP contribution is -2.04. The SMILES string of the molecule is c1ccc(CNc2cccc(Nc3cccc(NCc4ccccc4)n3)n2)cc1.c1ccc(CNc2cccc(Nc3cccc(NCc4ccccc4)n3)n2)cc1. The molecule has 58 heavy (non-hydrogen) atoms. The highest BCUT2D eigenvalue weighted by atomic mass is 15.1. The number of hydrogen-bond acceptors (Lipinski definition) is 10. The number of nitrogens with zero attached hydrogens (tertiary/aromatic N) is 4. The summed E-state index contributed by atoms with van der Waals surface area (Å²) < 4.78 is 0. The zero-order valence-electron chi connectivity index (χ0n) is 32.1. The molecule has 0 bridgehead atoms. The molecule has 0 radical (unpaired) electrons. The zero-order chi connectivity index (χ0) is 39.5. The molecule has 10 heteroatoms. The third-order valence-electron chi connectivity index (χ3n) is 8.77. The molecule has 10 nitrogen and oxygen atoms in total. The molecule has 4 aromatic carbocycles. The Bertz CT molecular complexity index is 2070. The molecule has 6 N–H and O–H groups in total. The van der Waals surface area contributed by atoms with Gasteiger partial charge >= 0.3 is 0 Å². The van der Waals surface area contributed by atoms with Crippen LogP contribution in [-0.4, -0.2) is 19.9 Å². The summed E-state index contributed by atoms with van der Waals surface area (Å²) in [6.45, 7) is 2.92. The first-order valence-corrected chi connectivity index (χ1v) is 19.2. The molecule has 0 saturated heterocycles. The third-order valence-corrected chi connectivity index (χ3v) is 8.77. The van der Waals surface area contributed by atoms with E-state index in [1.807, 2.05) is 146 Å². The lowest BCUT2D eigenvalue weighted by molar-refractivity contribution is 1.10.